The molecule has 0 N–H and O–H groups in total. The average Bonchev–Trinajstić information content (AvgIpc) is 2.28. The molecule has 100 valence electrons. The monoisotopic (exact) mass is 360 g/mol. The van der Waals surface area contributed by atoms with Crippen LogP contribution in [0.15, 0.2) is 23.1 Å². The SMILES string of the molecule is O=C(CCl)Cc1ccc(SC(F)(F)F)cc1CBr. The molecule has 1 aromatic carbocycles. The van der Waals surface area contributed by atoms with E-state index in [1.165, 1.54) is 18.2 Å². The van der Waals surface area contributed by atoms with Crippen molar-refractivity contribution in [2.75, 3.05) is 5.88 Å². The first-order valence-corrected chi connectivity index (χ1v) is 7.34. The van der Waals surface area contributed by atoms with E-state index in [0.717, 1.165) is 0 Å². The average molecular weight is 362 g/mol. The molecule has 1 nitrogen and oxygen atoms in total. The molecule has 0 heterocycles. The molecular weight excluding hydrogens is 353 g/mol. The van der Waals surface area contributed by atoms with Crippen LogP contribution >= 0.6 is 39.3 Å². The summed E-state index contributed by atoms with van der Waals surface area (Å²) in [7, 11) is 0. The van der Waals surface area contributed by atoms with Crippen LogP contribution in [0.5, 0.6) is 0 Å². The fourth-order valence-corrected chi connectivity index (χ4v) is 2.58. The number of ketones is 1. The molecule has 0 aliphatic carbocycles. The van der Waals surface area contributed by atoms with Gasteiger partial charge in [-0.25, -0.2) is 0 Å². The lowest BCUT2D eigenvalue weighted by Gasteiger charge is -2.10. The lowest BCUT2D eigenvalue weighted by atomic mass is 10.0. The van der Waals surface area contributed by atoms with Crippen molar-refractivity contribution in [2.24, 2.45) is 0 Å². The van der Waals surface area contributed by atoms with Crippen LogP contribution in [-0.4, -0.2) is 17.2 Å². The number of carbonyl (C=O) groups is 1. The van der Waals surface area contributed by atoms with E-state index in [9.17, 15) is 18.0 Å². The van der Waals surface area contributed by atoms with Crippen molar-refractivity contribution in [1.82, 2.24) is 0 Å². The van der Waals surface area contributed by atoms with Gasteiger partial charge in [-0.3, -0.25) is 4.79 Å². The molecule has 0 aromatic heterocycles. The van der Waals surface area contributed by atoms with Crippen LogP contribution in [0.4, 0.5) is 13.2 Å². The van der Waals surface area contributed by atoms with Crippen molar-refractivity contribution in [3.63, 3.8) is 0 Å². The molecule has 0 saturated carbocycles. The standard InChI is InChI=1S/C11H9BrClF3OS/c12-5-8-4-10(18-11(14,15)16)2-1-7(8)3-9(17)6-13/h1-2,4H,3,5-6H2. The number of thioether (sulfide) groups is 1. The number of rotatable bonds is 5. The van der Waals surface area contributed by atoms with Crippen LogP contribution in [-0.2, 0) is 16.5 Å². The third-order valence-electron chi connectivity index (χ3n) is 2.09. The summed E-state index contributed by atoms with van der Waals surface area (Å²) in [5.41, 5.74) is -2.94. The zero-order chi connectivity index (χ0) is 13.8. The van der Waals surface area contributed by atoms with Gasteiger partial charge in [0.05, 0.1) is 5.88 Å². The van der Waals surface area contributed by atoms with Crippen LogP contribution < -0.4 is 0 Å². The van der Waals surface area contributed by atoms with Crippen LogP contribution in [0, 0.1) is 0 Å². The predicted molar refractivity (Wildman–Crippen MR) is 70.4 cm³/mol. The highest BCUT2D eigenvalue weighted by molar-refractivity contribution is 9.08. The highest BCUT2D eigenvalue weighted by Gasteiger charge is 2.29. The quantitative estimate of drug-likeness (QED) is 0.565. The van der Waals surface area contributed by atoms with Crippen molar-refractivity contribution in [2.45, 2.75) is 22.2 Å². The second kappa shape index (κ2) is 6.82. The predicted octanol–water partition coefficient (Wildman–Crippen LogP) is 4.54. The Labute approximate surface area is 120 Å². The maximum Gasteiger partial charge on any atom is 0.446 e. The molecule has 0 unspecified atom stereocenters. The summed E-state index contributed by atoms with van der Waals surface area (Å²) in [5.74, 6) is -0.254. The Bertz CT molecular complexity index is 437. The van der Waals surface area contributed by atoms with E-state index in [-0.39, 0.29) is 34.7 Å². The lowest BCUT2D eigenvalue weighted by molar-refractivity contribution is -0.116. The van der Waals surface area contributed by atoms with E-state index in [0.29, 0.717) is 16.5 Å². The fourth-order valence-electron chi connectivity index (χ4n) is 1.36. The van der Waals surface area contributed by atoms with Crippen molar-refractivity contribution < 1.29 is 18.0 Å². The smallest absolute Gasteiger partial charge is 0.298 e. The Kier molecular flexibility index (Phi) is 6.01. The third kappa shape index (κ3) is 5.20. The molecule has 0 amide bonds. The van der Waals surface area contributed by atoms with Gasteiger partial charge < -0.3 is 0 Å². The molecule has 0 atom stereocenters. The molecule has 0 aliphatic heterocycles. The largest absolute Gasteiger partial charge is 0.446 e. The van der Waals surface area contributed by atoms with Gasteiger partial charge in [0, 0.05) is 16.6 Å². The Morgan fingerprint density at radius 1 is 1.33 bits per heavy atom. The second-order valence-corrected chi connectivity index (χ2v) is 5.43. The first-order valence-electron chi connectivity index (χ1n) is 4.87. The summed E-state index contributed by atoms with van der Waals surface area (Å²) in [6.45, 7) is 0. The Morgan fingerprint density at radius 3 is 2.50 bits per heavy atom. The number of hydrogen-bond donors (Lipinski definition) is 0. The van der Waals surface area contributed by atoms with Crippen molar-refractivity contribution in [1.29, 1.82) is 0 Å². The Morgan fingerprint density at radius 2 is 2.00 bits per heavy atom. The number of alkyl halides is 5. The Balaban J connectivity index is 2.93. The molecular formula is C11H9BrClF3OS. The maximum atomic E-state index is 12.2. The molecule has 0 saturated heterocycles. The number of hydrogen-bond acceptors (Lipinski definition) is 2. The van der Waals surface area contributed by atoms with Gasteiger partial charge in [0.1, 0.15) is 0 Å². The normalized spacial score (nSPS) is 11.6. The van der Waals surface area contributed by atoms with Crippen LogP contribution in [0.3, 0.4) is 0 Å². The van der Waals surface area contributed by atoms with E-state index in [2.05, 4.69) is 15.9 Å². The molecule has 0 spiro atoms. The Hall–Kier alpha value is -0.200. The summed E-state index contributed by atoms with van der Waals surface area (Å²) in [4.78, 5) is 11.3. The van der Waals surface area contributed by atoms with Crippen molar-refractivity contribution >= 4 is 45.1 Å². The summed E-state index contributed by atoms with van der Waals surface area (Å²) in [6, 6.07) is 4.33. The third-order valence-corrected chi connectivity index (χ3v) is 3.72. The van der Waals surface area contributed by atoms with Gasteiger partial charge in [0.2, 0.25) is 0 Å². The summed E-state index contributed by atoms with van der Waals surface area (Å²) < 4.78 is 36.7. The fraction of sp³-hybridized carbons (Fsp3) is 0.364. The number of halogens is 5. The molecule has 1 rings (SSSR count). The minimum atomic E-state index is -4.31. The molecule has 0 aliphatic rings. The lowest BCUT2D eigenvalue weighted by Crippen LogP contribution is -2.06. The minimum Gasteiger partial charge on any atom is -0.298 e. The van der Waals surface area contributed by atoms with Crippen LogP contribution in [0.1, 0.15) is 11.1 Å². The molecule has 0 radical (unpaired) electrons. The van der Waals surface area contributed by atoms with Gasteiger partial charge in [-0.05, 0) is 35.0 Å². The van der Waals surface area contributed by atoms with E-state index in [4.69, 9.17) is 11.6 Å². The molecule has 0 bridgehead atoms. The van der Waals surface area contributed by atoms with E-state index in [1.807, 2.05) is 0 Å². The van der Waals surface area contributed by atoms with Crippen LogP contribution in [0.2, 0.25) is 0 Å². The number of carbonyl (C=O) groups excluding carboxylic acids is 1. The highest BCUT2D eigenvalue weighted by Crippen LogP contribution is 2.37. The maximum absolute atomic E-state index is 12.2. The van der Waals surface area contributed by atoms with Crippen LogP contribution in [0.25, 0.3) is 0 Å². The van der Waals surface area contributed by atoms with Gasteiger partial charge in [-0.15, -0.1) is 11.6 Å². The van der Waals surface area contributed by atoms with Gasteiger partial charge in [0.25, 0.3) is 0 Å². The molecule has 7 heteroatoms. The van der Waals surface area contributed by atoms with E-state index in [1.54, 1.807) is 0 Å². The highest BCUT2D eigenvalue weighted by atomic mass is 79.9. The van der Waals surface area contributed by atoms with Gasteiger partial charge in [-0.2, -0.15) is 13.2 Å². The number of benzene rings is 1. The van der Waals surface area contributed by atoms with Crippen molar-refractivity contribution in [3.05, 3.63) is 29.3 Å². The second-order valence-electron chi connectivity index (χ2n) is 3.46. The zero-order valence-corrected chi connectivity index (χ0v) is 12.2. The van der Waals surface area contributed by atoms with Gasteiger partial charge in [-0.1, -0.05) is 22.0 Å². The van der Waals surface area contributed by atoms with E-state index < -0.39 is 5.51 Å². The van der Waals surface area contributed by atoms with Crippen molar-refractivity contribution in [3.8, 4) is 0 Å². The zero-order valence-electron chi connectivity index (χ0n) is 9.06. The molecule has 18 heavy (non-hydrogen) atoms. The topological polar surface area (TPSA) is 17.1 Å². The summed E-state index contributed by atoms with van der Waals surface area (Å²) in [5, 5.41) is 0.393. The van der Waals surface area contributed by atoms with E-state index >= 15 is 0 Å². The first kappa shape index (κ1) is 15.9. The van der Waals surface area contributed by atoms with Gasteiger partial charge in [0.15, 0.2) is 5.78 Å². The minimum absolute atomic E-state index is 0.0965. The van der Waals surface area contributed by atoms with Gasteiger partial charge >= 0.3 is 5.51 Å². The molecule has 0 fully saturated rings. The number of Topliss-reactive ketones (excluding diaryl/α,β-unsaturated/α-hetero) is 1. The first-order chi connectivity index (χ1) is 8.35. The summed E-state index contributed by atoms with van der Waals surface area (Å²) >= 11 is 8.43. The summed E-state index contributed by atoms with van der Waals surface area (Å²) in [6.07, 6.45) is 0.140. The molecule has 1 aromatic rings.